The molecule has 0 heterocycles. The van der Waals surface area contributed by atoms with Gasteiger partial charge < -0.3 is 0 Å². The van der Waals surface area contributed by atoms with Crippen molar-refractivity contribution < 1.29 is 61.5 Å². The fourth-order valence-corrected chi connectivity index (χ4v) is 4.43. The van der Waals surface area contributed by atoms with E-state index in [0.29, 0.717) is 0 Å². The van der Waals surface area contributed by atoms with Gasteiger partial charge in [-0.15, -0.1) is 0 Å². The van der Waals surface area contributed by atoms with E-state index in [2.05, 4.69) is 0 Å². The van der Waals surface area contributed by atoms with Crippen LogP contribution < -0.4 is 0 Å². The fourth-order valence-electron chi connectivity index (χ4n) is 1.01. The summed E-state index contributed by atoms with van der Waals surface area (Å²) in [6.45, 7) is 0. The number of hydrogen-bond donors (Lipinski definition) is 0. The molecule has 0 aromatic carbocycles. The van der Waals surface area contributed by atoms with E-state index in [-0.39, 0.29) is 0 Å². The average Bonchev–Trinajstić information content (AvgIpc) is 2.24. The zero-order valence-electron chi connectivity index (χ0n) is 10.2. The second-order valence-electron chi connectivity index (χ2n) is 4.16. The van der Waals surface area contributed by atoms with Crippen LogP contribution in [-0.2, 0) is 0 Å². The summed E-state index contributed by atoms with van der Waals surface area (Å²) in [6.07, 6.45) is -13.5. The molecule has 0 aliphatic carbocycles. The van der Waals surface area contributed by atoms with Gasteiger partial charge in [0, 0.05) is 0 Å². The van der Waals surface area contributed by atoms with Crippen molar-refractivity contribution in [3.63, 3.8) is 0 Å². The van der Waals surface area contributed by atoms with Gasteiger partial charge in [-0.1, -0.05) is 0 Å². The quantitative estimate of drug-likeness (QED) is 0.359. The Hall–Kier alpha value is -0.181. The van der Waals surface area contributed by atoms with E-state index < -0.39 is 66.1 Å². The van der Waals surface area contributed by atoms with Crippen molar-refractivity contribution in [1.29, 1.82) is 0 Å². The molecule has 0 radical (unpaired) electrons. The zero-order chi connectivity index (χ0) is 19.1. The third-order valence-electron chi connectivity index (χ3n) is 2.32. The molecule has 0 N–H and O–H groups in total. The van der Waals surface area contributed by atoms with Gasteiger partial charge in [-0.2, -0.15) is 0 Å². The van der Waals surface area contributed by atoms with E-state index in [1.165, 1.54) is 0 Å². The SMILES string of the molecule is FC(F)(F)C(F)(F)C(F)(F)[CH2][Sn+2][CH2]C(F)(F)C(F)(F)C(F)(F)F. The maximum atomic E-state index is 12.7. The van der Waals surface area contributed by atoms with Gasteiger partial charge in [0.2, 0.25) is 0 Å². The molecule has 0 aliphatic heterocycles. The van der Waals surface area contributed by atoms with Gasteiger partial charge in [0.05, 0.1) is 0 Å². The first-order valence-corrected chi connectivity index (χ1v) is 9.10. The molecule has 0 unspecified atom stereocenters. The summed E-state index contributed by atoms with van der Waals surface area (Å²) in [5.41, 5.74) is 0. The molecule has 0 aliphatic rings. The number of alkyl halides is 14. The maximum absolute atomic E-state index is 12.7. The monoisotopic (exact) mass is 486 g/mol. The van der Waals surface area contributed by atoms with Gasteiger partial charge in [-0.3, -0.25) is 0 Å². The Morgan fingerprint density at radius 2 is 0.652 bits per heavy atom. The standard InChI is InChI=1S/2C4H2F7.Sn/c2*1-2(5,6)3(7,8)4(9,10)11;/h2*1H2;/q;;+2. The van der Waals surface area contributed by atoms with Crippen LogP contribution in [0.25, 0.3) is 0 Å². The number of rotatable bonds is 6. The van der Waals surface area contributed by atoms with Crippen molar-refractivity contribution in [2.75, 3.05) is 0 Å². The molecule has 0 saturated heterocycles. The summed E-state index contributed by atoms with van der Waals surface area (Å²) < 4.78 is 166. The summed E-state index contributed by atoms with van der Waals surface area (Å²) in [5.74, 6) is -25.0. The first-order chi connectivity index (χ1) is 9.71. The van der Waals surface area contributed by atoms with Gasteiger partial charge in [-0.05, 0) is 0 Å². The zero-order valence-corrected chi connectivity index (χ0v) is 13.1. The summed E-state index contributed by atoms with van der Waals surface area (Å²) in [5, 5.41) is 0. The van der Waals surface area contributed by atoms with E-state index in [1.54, 1.807) is 0 Å². The molecular formula is C8H4F14Sn+2. The molecule has 0 aromatic rings. The van der Waals surface area contributed by atoms with Gasteiger partial charge in [-0.25, -0.2) is 0 Å². The van der Waals surface area contributed by atoms with Crippen molar-refractivity contribution in [3.05, 3.63) is 0 Å². The van der Waals surface area contributed by atoms with Crippen molar-refractivity contribution >= 4 is 21.1 Å². The number of hydrogen-bond acceptors (Lipinski definition) is 0. The van der Waals surface area contributed by atoms with Gasteiger partial charge in [0.1, 0.15) is 0 Å². The average molecular weight is 485 g/mol. The molecule has 15 heteroatoms. The third kappa shape index (κ3) is 4.46. The van der Waals surface area contributed by atoms with Crippen molar-refractivity contribution in [3.8, 4) is 0 Å². The van der Waals surface area contributed by atoms with Gasteiger partial charge in [0.25, 0.3) is 0 Å². The van der Waals surface area contributed by atoms with Crippen LogP contribution in [0.4, 0.5) is 61.5 Å². The van der Waals surface area contributed by atoms with E-state index in [1.807, 2.05) is 0 Å². The first-order valence-electron chi connectivity index (χ1n) is 5.06. The van der Waals surface area contributed by atoms with Crippen LogP contribution in [0.5, 0.6) is 0 Å². The van der Waals surface area contributed by atoms with Crippen LogP contribution in [0.15, 0.2) is 0 Å². The predicted octanol–water partition coefficient (Wildman–Crippen LogP) is 5.19. The van der Waals surface area contributed by atoms with Crippen LogP contribution in [0.1, 0.15) is 0 Å². The Bertz CT molecular complexity index is 366. The van der Waals surface area contributed by atoms with E-state index >= 15 is 0 Å². The van der Waals surface area contributed by atoms with Crippen LogP contribution in [0.3, 0.4) is 0 Å². The molecule has 0 saturated carbocycles. The Labute approximate surface area is 128 Å². The van der Waals surface area contributed by atoms with Crippen molar-refractivity contribution in [2.45, 2.75) is 44.9 Å². The van der Waals surface area contributed by atoms with Crippen LogP contribution >= 0.6 is 0 Å². The van der Waals surface area contributed by atoms with Crippen LogP contribution in [-0.4, -0.2) is 57.2 Å². The van der Waals surface area contributed by atoms with Crippen LogP contribution in [0.2, 0.25) is 8.87 Å². The minimum absolute atomic E-state index is 2.51. The molecule has 0 spiro atoms. The molecule has 0 nitrogen and oxygen atoms in total. The summed E-state index contributed by atoms with van der Waals surface area (Å²) in [6, 6.07) is 0. The van der Waals surface area contributed by atoms with E-state index in [9.17, 15) is 61.5 Å². The molecule has 136 valence electrons. The van der Waals surface area contributed by atoms with Crippen LogP contribution in [0, 0.1) is 0 Å². The molecule has 0 rings (SSSR count). The van der Waals surface area contributed by atoms with E-state index in [4.69, 9.17) is 0 Å². The Kier molecular flexibility index (Phi) is 6.23. The molecule has 0 bridgehead atoms. The van der Waals surface area contributed by atoms with Crippen molar-refractivity contribution in [2.24, 2.45) is 0 Å². The number of halogens is 14. The summed E-state index contributed by atoms with van der Waals surface area (Å²) in [4.78, 5) is 0. The Morgan fingerprint density at radius 3 is 0.826 bits per heavy atom. The minimum atomic E-state index is -6.74. The molecule has 23 heavy (non-hydrogen) atoms. The molecule has 0 atom stereocenters. The van der Waals surface area contributed by atoms with E-state index in [0.717, 1.165) is 0 Å². The van der Waals surface area contributed by atoms with Crippen molar-refractivity contribution in [1.82, 2.24) is 0 Å². The second kappa shape index (κ2) is 6.28. The first kappa shape index (κ1) is 22.8. The molecule has 0 aromatic heterocycles. The Balaban J connectivity index is 5.03. The normalized spacial score (nSPS) is 15.6. The molecule has 0 amide bonds. The van der Waals surface area contributed by atoms with Gasteiger partial charge >= 0.3 is 128 Å². The summed E-state index contributed by atoms with van der Waals surface area (Å²) >= 11 is -3.84. The fraction of sp³-hybridized carbons (Fsp3) is 1.00. The summed E-state index contributed by atoms with van der Waals surface area (Å²) in [7, 11) is 0. The topological polar surface area (TPSA) is 0 Å². The third-order valence-corrected chi connectivity index (χ3v) is 6.29. The van der Waals surface area contributed by atoms with Gasteiger partial charge in [0.15, 0.2) is 0 Å². The molecule has 0 fully saturated rings. The molecular weight excluding hydrogens is 481 g/mol. The Morgan fingerprint density at radius 1 is 0.435 bits per heavy atom. The second-order valence-corrected chi connectivity index (χ2v) is 7.60. The predicted molar refractivity (Wildman–Crippen MR) is 47.3 cm³/mol.